The summed E-state index contributed by atoms with van der Waals surface area (Å²) < 4.78 is 1.88. The van der Waals surface area contributed by atoms with Gasteiger partial charge in [-0.15, -0.1) is 0 Å². The molecular weight excluding hydrogens is 246 g/mol. The van der Waals surface area contributed by atoms with Crippen LogP contribution in [-0.4, -0.2) is 16.3 Å². The van der Waals surface area contributed by atoms with Crippen molar-refractivity contribution in [3.05, 3.63) is 16.4 Å². The number of nitrogens with zero attached hydrogens (tertiary/aromatic N) is 2. The second-order valence-corrected chi connectivity index (χ2v) is 6.10. The van der Waals surface area contributed by atoms with Crippen LogP contribution in [0.5, 0.6) is 0 Å². The second kappa shape index (κ2) is 6.07. The van der Waals surface area contributed by atoms with Gasteiger partial charge in [-0.25, -0.2) is 0 Å². The summed E-state index contributed by atoms with van der Waals surface area (Å²) in [6.07, 6.45) is 5.51. The maximum atomic E-state index is 6.23. The van der Waals surface area contributed by atoms with E-state index >= 15 is 0 Å². The van der Waals surface area contributed by atoms with Crippen molar-refractivity contribution < 1.29 is 0 Å². The van der Waals surface area contributed by atoms with Gasteiger partial charge in [-0.05, 0) is 38.1 Å². The molecule has 0 radical (unpaired) electrons. The van der Waals surface area contributed by atoms with Crippen molar-refractivity contribution in [3.8, 4) is 0 Å². The van der Waals surface area contributed by atoms with E-state index in [4.69, 9.17) is 11.6 Å². The predicted octanol–water partition coefficient (Wildman–Crippen LogP) is 3.30. The number of rotatable bonds is 4. The first-order valence-electron chi connectivity index (χ1n) is 6.96. The van der Waals surface area contributed by atoms with E-state index in [2.05, 4.69) is 17.3 Å². The van der Waals surface area contributed by atoms with E-state index < -0.39 is 0 Å². The number of hydrogen-bond donors (Lipinski definition) is 1. The van der Waals surface area contributed by atoms with Crippen LogP contribution in [0.4, 0.5) is 0 Å². The molecule has 1 saturated carbocycles. The van der Waals surface area contributed by atoms with E-state index in [-0.39, 0.29) is 0 Å². The Labute approximate surface area is 115 Å². The van der Waals surface area contributed by atoms with Crippen LogP contribution >= 0.6 is 11.6 Å². The lowest BCUT2D eigenvalue weighted by Crippen LogP contribution is -2.26. The number of aromatic nitrogens is 2. The quantitative estimate of drug-likeness (QED) is 0.909. The summed E-state index contributed by atoms with van der Waals surface area (Å²) in [5, 5.41) is 8.67. The molecule has 1 fully saturated rings. The van der Waals surface area contributed by atoms with Crippen LogP contribution in [0.1, 0.15) is 44.0 Å². The van der Waals surface area contributed by atoms with E-state index in [0.29, 0.717) is 0 Å². The highest BCUT2D eigenvalue weighted by Gasteiger charge is 2.18. The van der Waals surface area contributed by atoms with Crippen molar-refractivity contribution in [2.24, 2.45) is 18.9 Å². The minimum atomic E-state index is 0.808. The average Bonchev–Trinajstić information content (AvgIpc) is 2.58. The Kier molecular flexibility index (Phi) is 4.68. The topological polar surface area (TPSA) is 29.9 Å². The van der Waals surface area contributed by atoms with Gasteiger partial charge >= 0.3 is 0 Å². The average molecular weight is 270 g/mol. The molecule has 1 aromatic rings. The van der Waals surface area contributed by atoms with Crippen LogP contribution in [0.3, 0.4) is 0 Å². The third-order valence-electron chi connectivity index (χ3n) is 4.12. The molecule has 1 aromatic heterocycles. The fraction of sp³-hybridized carbons (Fsp3) is 0.786. The van der Waals surface area contributed by atoms with Gasteiger partial charge in [-0.2, -0.15) is 5.10 Å². The molecule has 0 amide bonds. The monoisotopic (exact) mass is 269 g/mol. The molecule has 0 atom stereocenters. The molecule has 0 bridgehead atoms. The SMILES string of the molecule is Cc1nn(C)c(CNCC2CCC(C)CC2)c1Cl. The predicted molar refractivity (Wildman–Crippen MR) is 75.8 cm³/mol. The normalized spacial score (nSPS) is 24.4. The minimum Gasteiger partial charge on any atom is -0.311 e. The van der Waals surface area contributed by atoms with E-state index in [1.54, 1.807) is 0 Å². The zero-order chi connectivity index (χ0) is 13.1. The van der Waals surface area contributed by atoms with Gasteiger partial charge in [-0.1, -0.05) is 31.4 Å². The van der Waals surface area contributed by atoms with Crippen molar-refractivity contribution >= 4 is 11.6 Å². The maximum Gasteiger partial charge on any atom is 0.0860 e. The molecular formula is C14H24ClN3. The lowest BCUT2D eigenvalue weighted by Gasteiger charge is -2.26. The highest BCUT2D eigenvalue weighted by atomic mass is 35.5. The smallest absolute Gasteiger partial charge is 0.0860 e. The molecule has 4 heteroatoms. The summed E-state index contributed by atoms with van der Waals surface area (Å²) >= 11 is 6.23. The summed E-state index contributed by atoms with van der Waals surface area (Å²) in [6, 6.07) is 0. The van der Waals surface area contributed by atoms with Gasteiger partial charge < -0.3 is 5.32 Å². The van der Waals surface area contributed by atoms with Crippen molar-refractivity contribution in [1.82, 2.24) is 15.1 Å². The zero-order valence-electron chi connectivity index (χ0n) is 11.7. The standard InChI is InChI=1S/C14H24ClN3/c1-10-4-6-12(7-5-10)8-16-9-13-14(15)11(2)17-18(13)3/h10,12,16H,4-9H2,1-3H3. The molecule has 0 saturated heterocycles. The van der Waals surface area contributed by atoms with E-state index in [0.717, 1.165) is 41.3 Å². The first kappa shape index (κ1) is 13.9. The Balaban J connectivity index is 1.78. The fourth-order valence-electron chi connectivity index (χ4n) is 2.80. The van der Waals surface area contributed by atoms with Gasteiger partial charge in [0.2, 0.25) is 0 Å². The molecule has 1 aliphatic carbocycles. The highest BCUT2D eigenvalue weighted by Crippen LogP contribution is 2.27. The van der Waals surface area contributed by atoms with E-state index in [1.807, 2.05) is 18.7 Å². The van der Waals surface area contributed by atoms with Crippen LogP contribution in [0.15, 0.2) is 0 Å². The van der Waals surface area contributed by atoms with Crippen molar-refractivity contribution in [1.29, 1.82) is 0 Å². The number of halogens is 1. The Morgan fingerprint density at radius 3 is 2.56 bits per heavy atom. The number of hydrogen-bond acceptors (Lipinski definition) is 2. The molecule has 1 heterocycles. The third-order valence-corrected chi connectivity index (χ3v) is 4.61. The van der Waals surface area contributed by atoms with Gasteiger partial charge in [0.1, 0.15) is 0 Å². The second-order valence-electron chi connectivity index (χ2n) is 5.73. The molecule has 18 heavy (non-hydrogen) atoms. The van der Waals surface area contributed by atoms with Crippen molar-refractivity contribution in [2.45, 2.75) is 46.1 Å². The van der Waals surface area contributed by atoms with Crippen molar-refractivity contribution in [3.63, 3.8) is 0 Å². The van der Waals surface area contributed by atoms with Gasteiger partial charge in [0.25, 0.3) is 0 Å². The van der Waals surface area contributed by atoms with Crippen LogP contribution in [0, 0.1) is 18.8 Å². The highest BCUT2D eigenvalue weighted by molar-refractivity contribution is 6.31. The summed E-state index contributed by atoms with van der Waals surface area (Å²) in [5.41, 5.74) is 2.01. The lowest BCUT2D eigenvalue weighted by molar-refractivity contribution is 0.281. The summed E-state index contributed by atoms with van der Waals surface area (Å²) in [4.78, 5) is 0. The van der Waals surface area contributed by atoms with Gasteiger partial charge in [0, 0.05) is 13.6 Å². The van der Waals surface area contributed by atoms with E-state index in [9.17, 15) is 0 Å². The molecule has 0 aliphatic heterocycles. The van der Waals surface area contributed by atoms with E-state index in [1.165, 1.54) is 25.7 Å². The number of aryl methyl sites for hydroxylation is 2. The minimum absolute atomic E-state index is 0.808. The van der Waals surface area contributed by atoms with Gasteiger partial charge in [0.15, 0.2) is 0 Å². The molecule has 1 N–H and O–H groups in total. The lowest BCUT2D eigenvalue weighted by atomic mass is 9.83. The van der Waals surface area contributed by atoms with Gasteiger partial charge in [-0.3, -0.25) is 4.68 Å². The first-order chi connectivity index (χ1) is 8.58. The van der Waals surface area contributed by atoms with Crippen LogP contribution < -0.4 is 5.32 Å². The van der Waals surface area contributed by atoms with Crippen LogP contribution in [0.2, 0.25) is 5.02 Å². The summed E-state index contributed by atoms with van der Waals surface area (Å²) in [6.45, 7) is 6.24. The Morgan fingerprint density at radius 2 is 2.00 bits per heavy atom. The Hall–Kier alpha value is -0.540. The molecule has 102 valence electrons. The van der Waals surface area contributed by atoms with Crippen LogP contribution in [0.25, 0.3) is 0 Å². The third kappa shape index (κ3) is 3.27. The Morgan fingerprint density at radius 1 is 1.33 bits per heavy atom. The molecule has 1 aliphatic rings. The molecule has 0 aromatic carbocycles. The Bertz CT molecular complexity index is 392. The molecule has 0 spiro atoms. The number of nitrogens with one attached hydrogen (secondary N) is 1. The molecule has 0 unspecified atom stereocenters. The molecule has 2 rings (SSSR count). The zero-order valence-corrected chi connectivity index (χ0v) is 12.4. The van der Waals surface area contributed by atoms with Crippen molar-refractivity contribution in [2.75, 3.05) is 6.54 Å². The fourth-order valence-corrected chi connectivity index (χ4v) is 3.03. The first-order valence-corrected chi connectivity index (χ1v) is 7.34. The maximum absolute atomic E-state index is 6.23. The summed E-state index contributed by atoms with van der Waals surface area (Å²) in [7, 11) is 1.96. The summed E-state index contributed by atoms with van der Waals surface area (Å²) in [5.74, 6) is 1.77. The van der Waals surface area contributed by atoms with Gasteiger partial charge in [0.05, 0.1) is 16.4 Å². The largest absolute Gasteiger partial charge is 0.311 e. The molecule has 3 nitrogen and oxygen atoms in total. The van der Waals surface area contributed by atoms with Crippen LogP contribution in [-0.2, 0) is 13.6 Å².